The molecule has 1 aliphatic rings. The number of likely N-dealkylation sites (N-methyl/N-ethyl adjacent to an activating group) is 1. The Morgan fingerprint density at radius 1 is 1.54 bits per heavy atom. The molecule has 0 amide bonds. The summed E-state index contributed by atoms with van der Waals surface area (Å²) in [6, 6.07) is 0. The lowest BCUT2D eigenvalue weighted by Gasteiger charge is -2.41. The third-order valence-electron chi connectivity index (χ3n) is 3.75. The molecule has 0 bridgehead atoms. The first-order valence-corrected chi connectivity index (χ1v) is 5.52. The summed E-state index contributed by atoms with van der Waals surface area (Å²) in [6.45, 7) is 5.44. The van der Waals surface area contributed by atoms with Crippen molar-refractivity contribution in [3.8, 4) is 0 Å². The molecular weight excluding hydrogens is 160 g/mol. The minimum absolute atomic E-state index is 0.243. The molecule has 1 fully saturated rings. The van der Waals surface area contributed by atoms with E-state index in [0.29, 0.717) is 0 Å². The van der Waals surface area contributed by atoms with Crippen molar-refractivity contribution in [1.29, 1.82) is 0 Å². The van der Waals surface area contributed by atoms with Crippen molar-refractivity contribution in [2.45, 2.75) is 45.1 Å². The van der Waals surface area contributed by atoms with Crippen LogP contribution in [0.15, 0.2) is 0 Å². The number of rotatable bonds is 3. The number of nitrogens with two attached hydrogens (primary N) is 1. The van der Waals surface area contributed by atoms with Crippen molar-refractivity contribution < 1.29 is 0 Å². The Labute approximate surface area is 82.3 Å². The minimum atomic E-state index is 0.243. The second-order valence-electron chi connectivity index (χ2n) is 4.83. The third kappa shape index (κ3) is 2.44. The Balaban J connectivity index is 2.58. The van der Waals surface area contributed by atoms with Crippen LogP contribution in [0.3, 0.4) is 0 Å². The summed E-state index contributed by atoms with van der Waals surface area (Å²) < 4.78 is 0. The first kappa shape index (κ1) is 11.0. The van der Waals surface area contributed by atoms with Crippen LogP contribution in [0.5, 0.6) is 0 Å². The second-order valence-corrected chi connectivity index (χ2v) is 4.83. The molecule has 0 aromatic carbocycles. The molecule has 3 N–H and O–H groups in total. The molecule has 0 aromatic heterocycles. The van der Waals surface area contributed by atoms with Crippen LogP contribution >= 0.6 is 0 Å². The van der Waals surface area contributed by atoms with Crippen LogP contribution in [-0.2, 0) is 0 Å². The van der Waals surface area contributed by atoms with Crippen LogP contribution in [0.4, 0.5) is 0 Å². The third-order valence-corrected chi connectivity index (χ3v) is 3.75. The van der Waals surface area contributed by atoms with Crippen molar-refractivity contribution in [2.75, 3.05) is 13.6 Å². The standard InChI is InChI=1S/C11H24N2/c1-9(2)10-5-4-6-11(7-10,8-12)13-3/h9-10,13H,4-8,12H2,1-3H3. The maximum Gasteiger partial charge on any atom is 0.0304 e. The first-order valence-electron chi connectivity index (χ1n) is 5.52. The summed E-state index contributed by atoms with van der Waals surface area (Å²) in [5, 5.41) is 3.43. The van der Waals surface area contributed by atoms with Gasteiger partial charge < -0.3 is 11.1 Å². The smallest absolute Gasteiger partial charge is 0.0304 e. The highest BCUT2D eigenvalue weighted by Gasteiger charge is 2.34. The molecule has 2 nitrogen and oxygen atoms in total. The van der Waals surface area contributed by atoms with Gasteiger partial charge in [-0.3, -0.25) is 0 Å². The van der Waals surface area contributed by atoms with Crippen molar-refractivity contribution in [1.82, 2.24) is 5.32 Å². The molecule has 1 saturated carbocycles. The van der Waals surface area contributed by atoms with E-state index in [1.807, 2.05) is 0 Å². The highest BCUT2D eigenvalue weighted by atomic mass is 15.0. The summed E-state index contributed by atoms with van der Waals surface area (Å²) in [4.78, 5) is 0. The van der Waals surface area contributed by atoms with Crippen molar-refractivity contribution >= 4 is 0 Å². The van der Waals surface area contributed by atoms with Gasteiger partial charge in [0.2, 0.25) is 0 Å². The molecule has 2 atom stereocenters. The zero-order chi connectivity index (χ0) is 9.90. The molecule has 2 heteroatoms. The van der Waals surface area contributed by atoms with Crippen LogP contribution < -0.4 is 11.1 Å². The Bertz CT molecular complexity index is 150. The minimum Gasteiger partial charge on any atom is -0.329 e. The van der Waals surface area contributed by atoms with Gasteiger partial charge in [-0.1, -0.05) is 26.7 Å². The molecule has 0 radical (unpaired) electrons. The predicted molar refractivity (Wildman–Crippen MR) is 57.6 cm³/mol. The monoisotopic (exact) mass is 184 g/mol. The van der Waals surface area contributed by atoms with E-state index in [1.165, 1.54) is 25.7 Å². The highest BCUT2D eigenvalue weighted by Crippen LogP contribution is 2.35. The maximum absolute atomic E-state index is 5.85. The fourth-order valence-corrected chi connectivity index (χ4v) is 2.49. The fourth-order valence-electron chi connectivity index (χ4n) is 2.49. The lowest BCUT2D eigenvalue weighted by atomic mass is 9.72. The Hall–Kier alpha value is -0.0800. The molecule has 0 saturated heterocycles. The van der Waals surface area contributed by atoms with Crippen LogP contribution in [0, 0.1) is 11.8 Å². The van der Waals surface area contributed by atoms with E-state index in [1.54, 1.807) is 0 Å². The summed E-state index contributed by atoms with van der Waals surface area (Å²) in [5.41, 5.74) is 6.09. The summed E-state index contributed by atoms with van der Waals surface area (Å²) in [6.07, 6.45) is 5.24. The van der Waals surface area contributed by atoms with Crippen molar-refractivity contribution in [2.24, 2.45) is 17.6 Å². The van der Waals surface area contributed by atoms with Gasteiger partial charge in [0.25, 0.3) is 0 Å². The maximum atomic E-state index is 5.85. The lowest BCUT2D eigenvalue weighted by Crippen LogP contribution is -2.53. The van der Waals surface area contributed by atoms with Gasteiger partial charge in [0.05, 0.1) is 0 Å². The van der Waals surface area contributed by atoms with Gasteiger partial charge in [-0.15, -0.1) is 0 Å². The van der Waals surface area contributed by atoms with Crippen LogP contribution in [0.25, 0.3) is 0 Å². The van der Waals surface area contributed by atoms with Gasteiger partial charge in [-0.05, 0) is 31.7 Å². The van der Waals surface area contributed by atoms with Crippen molar-refractivity contribution in [3.63, 3.8) is 0 Å². The molecule has 13 heavy (non-hydrogen) atoms. The largest absolute Gasteiger partial charge is 0.329 e. The van der Waals surface area contributed by atoms with Gasteiger partial charge in [-0.25, -0.2) is 0 Å². The first-order chi connectivity index (χ1) is 6.13. The zero-order valence-electron chi connectivity index (χ0n) is 9.27. The van der Waals surface area contributed by atoms with Crippen LogP contribution in [-0.4, -0.2) is 19.1 Å². The van der Waals surface area contributed by atoms with Crippen LogP contribution in [0.2, 0.25) is 0 Å². The van der Waals surface area contributed by atoms with Gasteiger partial charge in [-0.2, -0.15) is 0 Å². The normalized spacial score (nSPS) is 35.3. The van der Waals surface area contributed by atoms with Gasteiger partial charge in [0.15, 0.2) is 0 Å². The molecule has 0 aromatic rings. The Morgan fingerprint density at radius 3 is 2.69 bits per heavy atom. The molecule has 0 heterocycles. The number of hydrogen-bond acceptors (Lipinski definition) is 2. The molecule has 2 unspecified atom stereocenters. The van der Waals surface area contributed by atoms with Gasteiger partial charge in [0.1, 0.15) is 0 Å². The number of nitrogens with one attached hydrogen (secondary N) is 1. The van der Waals surface area contributed by atoms with E-state index in [-0.39, 0.29) is 5.54 Å². The average molecular weight is 184 g/mol. The SMILES string of the molecule is CNC1(CN)CCCC(C(C)C)C1. The summed E-state index contributed by atoms with van der Waals surface area (Å²) in [7, 11) is 2.05. The lowest BCUT2D eigenvalue weighted by molar-refractivity contribution is 0.161. The van der Waals surface area contributed by atoms with E-state index < -0.39 is 0 Å². The Morgan fingerprint density at radius 2 is 2.23 bits per heavy atom. The topological polar surface area (TPSA) is 38.0 Å². The molecule has 78 valence electrons. The summed E-state index contributed by atoms with van der Waals surface area (Å²) in [5.74, 6) is 1.67. The van der Waals surface area contributed by atoms with Gasteiger partial charge in [0, 0.05) is 12.1 Å². The molecule has 1 rings (SSSR count). The Kier molecular flexibility index (Phi) is 3.74. The van der Waals surface area contributed by atoms with Gasteiger partial charge >= 0.3 is 0 Å². The average Bonchev–Trinajstić information content (AvgIpc) is 2.18. The zero-order valence-corrected chi connectivity index (χ0v) is 9.27. The molecule has 1 aliphatic carbocycles. The molecular formula is C11H24N2. The predicted octanol–water partition coefficient (Wildman–Crippen LogP) is 1.75. The highest BCUT2D eigenvalue weighted by molar-refractivity contribution is 4.94. The van der Waals surface area contributed by atoms with Crippen molar-refractivity contribution in [3.05, 3.63) is 0 Å². The van der Waals surface area contributed by atoms with E-state index in [2.05, 4.69) is 26.2 Å². The molecule has 0 aliphatic heterocycles. The fraction of sp³-hybridized carbons (Fsp3) is 1.00. The van der Waals surface area contributed by atoms with E-state index in [9.17, 15) is 0 Å². The van der Waals surface area contributed by atoms with Crippen LogP contribution in [0.1, 0.15) is 39.5 Å². The van der Waals surface area contributed by atoms with E-state index >= 15 is 0 Å². The molecule has 0 spiro atoms. The second kappa shape index (κ2) is 4.43. The van der Waals surface area contributed by atoms with E-state index in [0.717, 1.165) is 18.4 Å². The number of hydrogen-bond donors (Lipinski definition) is 2. The van der Waals surface area contributed by atoms with E-state index in [4.69, 9.17) is 5.73 Å². The summed E-state index contributed by atoms with van der Waals surface area (Å²) >= 11 is 0. The quantitative estimate of drug-likeness (QED) is 0.701.